The average molecular weight is 1450 g/mol. The zero-order valence-corrected chi connectivity index (χ0v) is 64.7. The summed E-state index contributed by atoms with van der Waals surface area (Å²) < 4.78 is 18.5. The van der Waals surface area contributed by atoms with Crippen LogP contribution in [0.15, 0.2) is 190 Å². The van der Waals surface area contributed by atoms with E-state index in [1.807, 2.05) is 73.7 Å². The molecule has 0 aromatic heterocycles. The number of hydrogen-bond acceptors (Lipinski definition) is 9. The molecule has 109 heavy (non-hydrogen) atoms. The van der Waals surface area contributed by atoms with Gasteiger partial charge in [0, 0.05) is 67.5 Å². The van der Waals surface area contributed by atoms with Crippen molar-refractivity contribution in [3.8, 4) is 18.2 Å². The van der Waals surface area contributed by atoms with Gasteiger partial charge in [0.05, 0.1) is 37.9 Å². The van der Waals surface area contributed by atoms with Gasteiger partial charge in [-0.1, -0.05) is 172 Å². The number of rotatable bonds is 8. The van der Waals surface area contributed by atoms with E-state index in [0.717, 1.165) is 117 Å². The molecule has 9 aliphatic heterocycles. The lowest BCUT2D eigenvalue weighted by Gasteiger charge is -2.48. The fraction of sp³-hybridized carbons (Fsp3) is 0.381. The fourth-order valence-corrected chi connectivity index (χ4v) is 16.5. The summed E-state index contributed by atoms with van der Waals surface area (Å²) in [6, 6.07) is 34.1. The van der Waals surface area contributed by atoms with Gasteiger partial charge in [0.25, 0.3) is 17.1 Å². The van der Waals surface area contributed by atoms with Crippen LogP contribution in [-0.2, 0) is 46.7 Å². The molecule has 14 rings (SSSR count). The van der Waals surface area contributed by atoms with Crippen molar-refractivity contribution in [1.29, 1.82) is 15.8 Å². The summed E-state index contributed by atoms with van der Waals surface area (Å²) in [6.45, 7) is 65.2. The first kappa shape index (κ1) is 81.8. The number of nitriles is 3. The standard InChI is InChI=1S/C35H37N3O.C32H31N3O.C27H29N3O.3CH4/c1-22-15-23(2)32(24(3)16-22)31-20-26(30(21-36)37-8)19-27(39-31)10-9-25-17-28-33-29(18-25)35(6,7)12-14-38(33)13-11-34(28,4)5;1-31(2)13-15-35-16-14-32(3,4)27-18-22(17-26(31)30(27)35)11-12-25-19-24(28(21-33)34-5)20-29(36-25)23-9-7-6-8-10-23;1-18-13-20(24(17-28)29-6)16-21(31-18)8-7-19-14-22-25-23(15-19)27(4,5)10-12-30(25)11-9-26(22,2)3;;;/h9-10,15-20H,11-14H2,1-7H3;6-12,17-20H,13-16H2,1-4H3;7-8,13-16H,9-12H2,1-5H3;3*1H4/b10-9+,30-26-;12-11+,28-24-;8-7+,24-20+;;;. The van der Waals surface area contributed by atoms with Crippen LogP contribution in [0.3, 0.4) is 0 Å². The lowest BCUT2D eigenvalue weighted by molar-refractivity contribution is 0.318. The second-order valence-electron chi connectivity index (χ2n) is 33.6. The van der Waals surface area contributed by atoms with E-state index in [1.54, 1.807) is 30.4 Å². The summed E-state index contributed by atoms with van der Waals surface area (Å²) in [7, 11) is 0. The second-order valence-corrected chi connectivity index (χ2v) is 33.6. The van der Waals surface area contributed by atoms with Crippen molar-refractivity contribution < 1.29 is 14.2 Å². The molecule has 0 amide bonds. The van der Waals surface area contributed by atoms with Crippen LogP contribution in [-0.4, -0.2) is 39.3 Å². The molecule has 0 radical (unpaired) electrons. The van der Waals surface area contributed by atoms with Gasteiger partial charge in [0.2, 0.25) is 0 Å². The predicted octanol–water partition coefficient (Wildman–Crippen LogP) is 24.3. The monoisotopic (exact) mass is 1450 g/mol. The molecule has 12 heteroatoms. The zero-order chi connectivity index (χ0) is 76.0. The SMILES string of the molecule is C.C.C.[C-]#[N+]/C(C#N)=C1C=C(/C=C/c2cc3c4c(c2)C(C)(C)CCN4CCC3(C)C)OC(c2c(C)cc(C)cc2C)=C/1.[C-]#[N+]/C(C#N)=C1C=C(/C=C/c2cc3c4c(c2)C(C)(C)CCN4CCC3(C)C)OC(c2ccccc2)=C/1.[C-]#[N+]/C(C#N)=C1\C=C(C)OC(/C=C/c2cc3c4c(c2)C(C)(C)CCN4CCC3(C)C)=C1. The quantitative estimate of drug-likeness (QED) is 0.110. The average Bonchev–Trinajstić information content (AvgIpc) is 0.742. The van der Waals surface area contributed by atoms with Crippen molar-refractivity contribution in [1.82, 2.24) is 0 Å². The molecular formula is C97H109N9O3. The van der Waals surface area contributed by atoms with Crippen molar-refractivity contribution in [3.63, 3.8) is 0 Å². The summed E-state index contributed by atoms with van der Waals surface area (Å²) in [4.78, 5) is 18.0. The van der Waals surface area contributed by atoms with E-state index in [9.17, 15) is 15.8 Å². The Balaban J connectivity index is 0.000000187. The van der Waals surface area contributed by atoms with E-state index >= 15 is 0 Å². The third-order valence-corrected chi connectivity index (χ3v) is 23.1. The molecule has 0 atom stereocenters. The molecule has 5 aromatic carbocycles. The first-order valence-electron chi connectivity index (χ1n) is 37.2. The van der Waals surface area contributed by atoms with Crippen molar-refractivity contribution in [3.05, 3.63) is 303 Å². The van der Waals surface area contributed by atoms with Crippen molar-refractivity contribution >= 4 is 46.8 Å². The minimum absolute atomic E-state index is 0. The first-order chi connectivity index (χ1) is 50.3. The molecule has 12 nitrogen and oxygen atoms in total. The Morgan fingerprint density at radius 2 is 0.670 bits per heavy atom. The topological polar surface area (TPSA) is 122 Å². The third-order valence-electron chi connectivity index (χ3n) is 23.1. The smallest absolute Gasteiger partial charge is 0.269 e. The normalized spacial score (nSPS) is 20.6. The van der Waals surface area contributed by atoms with Gasteiger partial charge in [-0.2, -0.15) is 0 Å². The first-order valence-corrected chi connectivity index (χ1v) is 37.2. The summed E-state index contributed by atoms with van der Waals surface area (Å²) in [5, 5.41) is 28.3. The molecule has 0 saturated heterocycles. The number of nitrogens with zero attached hydrogens (tertiary/aromatic N) is 9. The molecule has 9 aliphatic rings. The van der Waals surface area contributed by atoms with E-state index in [4.69, 9.17) is 33.9 Å². The van der Waals surface area contributed by atoms with Crippen LogP contribution in [0.25, 0.3) is 44.3 Å². The van der Waals surface area contributed by atoms with Crippen molar-refractivity contribution in [2.24, 2.45) is 0 Å². The molecule has 560 valence electrons. The van der Waals surface area contributed by atoms with Gasteiger partial charge in [-0.15, -0.1) is 0 Å². The molecule has 0 aliphatic carbocycles. The van der Waals surface area contributed by atoms with Gasteiger partial charge < -0.3 is 28.9 Å². The predicted molar refractivity (Wildman–Crippen MR) is 451 cm³/mol. The Morgan fingerprint density at radius 3 is 0.972 bits per heavy atom. The van der Waals surface area contributed by atoms with E-state index in [2.05, 4.69) is 206 Å². The minimum Gasteiger partial charge on any atom is -0.462 e. The number of ether oxygens (including phenoxy) is 3. The van der Waals surface area contributed by atoms with Crippen LogP contribution < -0.4 is 14.7 Å². The van der Waals surface area contributed by atoms with Crippen LogP contribution in [0.1, 0.15) is 229 Å². The van der Waals surface area contributed by atoms with Gasteiger partial charge in [-0.3, -0.25) is 0 Å². The molecule has 0 saturated carbocycles. The van der Waals surface area contributed by atoms with Crippen LogP contribution in [0.4, 0.5) is 17.1 Å². The molecule has 5 aromatic rings. The van der Waals surface area contributed by atoms with E-state index in [0.29, 0.717) is 51.3 Å². The zero-order valence-electron chi connectivity index (χ0n) is 64.7. The van der Waals surface area contributed by atoms with Crippen LogP contribution in [0.5, 0.6) is 0 Å². The van der Waals surface area contributed by atoms with E-state index in [1.165, 1.54) is 56.0 Å². The second kappa shape index (κ2) is 31.9. The van der Waals surface area contributed by atoms with Gasteiger partial charge in [-0.25, -0.2) is 30.3 Å². The third kappa shape index (κ3) is 16.7. The highest BCUT2D eigenvalue weighted by molar-refractivity contribution is 5.78. The Bertz CT molecular complexity index is 4970. The Kier molecular flexibility index (Phi) is 23.9. The number of anilines is 3. The highest BCUT2D eigenvalue weighted by Gasteiger charge is 2.43. The maximum absolute atomic E-state index is 9.63. The molecule has 0 N–H and O–H groups in total. The summed E-state index contributed by atoms with van der Waals surface area (Å²) in [5.41, 5.74) is 24.3. The number of allylic oxidation sites excluding steroid dienone is 16. The molecule has 9 heterocycles. The van der Waals surface area contributed by atoms with Crippen LogP contribution in [0.2, 0.25) is 0 Å². The van der Waals surface area contributed by atoms with Crippen LogP contribution >= 0.6 is 0 Å². The highest BCUT2D eigenvalue weighted by Crippen LogP contribution is 2.53. The highest BCUT2D eigenvalue weighted by atomic mass is 16.5. The lowest BCUT2D eigenvalue weighted by Crippen LogP contribution is -2.44. The van der Waals surface area contributed by atoms with E-state index in [-0.39, 0.29) is 71.9 Å². The Morgan fingerprint density at radius 1 is 0.385 bits per heavy atom. The molecule has 0 spiro atoms. The molecule has 0 bridgehead atoms. The largest absolute Gasteiger partial charge is 0.462 e. The molecule has 0 fully saturated rings. The Labute approximate surface area is 651 Å². The summed E-state index contributed by atoms with van der Waals surface area (Å²) in [5.74, 6) is 3.82. The van der Waals surface area contributed by atoms with Gasteiger partial charge in [-0.05, 0) is 268 Å². The number of hydrogen-bond donors (Lipinski definition) is 0. The van der Waals surface area contributed by atoms with Crippen LogP contribution in [0, 0.1) is 74.5 Å². The van der Waals surface area contributed by atoms with Gasteiger partial charge >= 0.3 is 0 Å². The van der Waals surface area contributed by atoms with Crippen molar-refractivity contribution in [2.75, 3.05) is 54.0 Å². The summed E-state index contributed by atoms with van der Waals surface area (Å²) in [6.07, 6.45) is 29.7. The van der Waals surface area contributed by atoms with Gasteiger partial charge in [0.15, 0.2) is 0 Å². The minimum atomic E-state index is 0. The van der Waals surface area contributed by atoms with Crippen molar-refractivity contribution in [2.45, 2.75) is 204 Å². The van der Waals surface area contributed by atoms with Gasteiger partial charge in [0.1, 0.15) is 34.6 Å². The fourth-order valence-electron chi connectivity index (χ4n) is 16.5. The summed E-state index contributed by atoms with van der Waals surface area (Å²) >= 11 is 0. The molecule has 0 unspecified atom stereocenters. The molecular weight excluding hydrogens is 1340 g/mol. The maximum Gasteiger partial charge on any atom is 0.269 e. The number of aryl methyl sites for hydroxylation is 3. The van der Waals surface area contributed by atoms with E-state index < -0.39 is 0 Å². The lowest BCUT2D eigenvalue weighted by atomic mass is 9.69. The maximum atomic E-state index is 9.63. The Hall–Kier alpha value is -11.3. The number of benzene rings is 5.